The average Bonchev–Trinajstić information content (AvgIpc) is 3.43. The predicted molar refractivity (Wildman–Crippen MR) is 230 cm³/mol. The lowest BCUT2D eigenvalue weighted by Gasteiger charge is -2.13. The van der Waals surface area contributed by atoms with Gasteiger partial charge in [-0.05, 0) is 121 Å². The fraction of sp³-hybridized carbons (Fsp3) is 0.149. The van der Waals surface area contributed by atoms with Crippen molar-refractivity contribution in [2.45, 2.75) is 38.8 Å². The number of aryl methyl sites for hydroxylation is 2. The number of phenolic OH excluding ortho intramolecular Hbond substituents is 1. The molecule has 0 saturated carbocycles. The molecule has 3 N–H and O–H groups in total. The van der Waals surface area contributed by atoms with Crippen molar-refractivity contribution in [2.75, 3.05) is 17.7 Å². The van der Waals surface area contributed by atoms with E-state index in [1.54, 1.807) is 55.6 Å². The van der Waals surface area contributed by atoms with Gasteiger partial charge in [0, 0.05) is 45.1 Å². The van der Waals surface area contributed by atoms with Gasteiger partial charge in [0.15, 0.2) is 0 Å². The Labute approximate surface area is 341 Å². The molecule has 0 fully saturated rings. The van der Waals surface area contributed by atoms with Crippen molar-refractivity contribution in [3.05, 3.63) is 188 Å². The summed E-state index contributed by atoms with van der Waals surface area (Å²) in [6.45, 7) is 4.08. The molecule has 0 bridgehead atoms. The predicted octanol–water partition coefficient (Wildman–Crippen LogP) is 9.81. The van der Waals surface area contributed by atoms with E-state index >= 15 is 0 Å². The summed E-state index contributed by atoms with van der Waals surface area (Å²) >= 11 is 12.5. The van der Waals surface area contributed by atoms with Gasteiger partial charge in [0.05, 0.1) is 29.9 Å². The van der Waals surface area contributed by atoms with Crippen LogP contribution in [0.15, 0.2) is 143 Å². The normalized spacial score (nSPS) is 15.9. The van der Waals surface area contributed by atoms with Crippen molar-refractivity contribution >= 4 is 57.8 Å². The number of nitrogens with one attached hydrogen (secondary N) is 2. The maximum Gasteiger partial charge on any atom is 0.249 e. The molecule has 0 aromatic heterocycles. The molecule has 8 rings (SSSR count). The van der Waals surface area contributed by atoms with Crippen LogP contribution in [0.1, 0.15) is 44.5 Å². The first kappa shape index (κ1) is 39.0. The molecule has 6 aromatic carbocycles. The number of benzodiazepines with no additional fused rings is 2. The third-order valence-corrected chi connectivity index (χ3v) is 10.5. The van der Waals surface area contributed by atoms with Gasteiger partial charge in [-0.3, -0.25) is 19.6 Å². The molecule has 2 amide bonds. The second kappa shape index (κ2) is 17.3. The van der Waals surface area contributed by atoms with Gasteiger partial charge >= 0.3 is 0 Å². The van der Waals surface area contributed by atoms with E-state index in [0.29, 0.717) is 40.0 Å². The lowest BCUT2D eigenvalue weighted by molar-refractivity contribution is -0.118. The molecule has 0 saturated heterocycles. The summed E-state index contributed by atoms with van der Waals surface area (Å²) in [7, 11) is 1.63. The van der Waals surface area contributed by atoms with E-state index in [9.17, 15) is 14.7 Å². The first-order valence-corrected chi connectivity index (χ1v) is 19.2. The Morgan fingerprint density at radius 3 is 1.44 bits per heavy atom. The molecule has 0 radical (unpaired) electrons. The SMILES string of the molecule is COc1ccc(C2=NC(Cc3ccccc3C)C(=O)Nc3ccc(Cl)cc32)cc1.Cc1ccccc1CC1N=C(c2ccc(O)cc2)c2cc(Cl)ccc2NC1=O. The summed E-state index contributed by atoms with van der Waals surface area (Å²) in [4.78, 5) is 35.6. The number of halogens is 2. The molecule has 0 spiro atoms. The van der Waals surface area contributed by atoms with E-state index < -0.39 is 12.1 Å². The number of nitrogens with zero attached hydrogens (tertiary/aromatic N) is 2. The molecule has 2 heterocycles. The number of methoxy groups -OCH3 is 1. The van der Waals surface area contributed by atoms with Crippen molar-refractivity contribution in [3.63, 3.8) is 0 Å². The molecule has 2 aliphatic rings. The maximum atomic E-state index is 13.0. The number of hydrogen-bond donors (Lipinski definition) is 3. The molecular weight excluding hydrogens is 755 g/mol. The van der Waals surface area contributed by atoms with E-state index in [2.05, 4.69) is 10.6 Å². The Bertz CT molecular complexity index is 2520. The zero-order chi connectivity index (χ0) is 40.1. The molecule has 6 aromatic rings. The number of carbonyl (C=O) groups is 2. The van der Waals surface area contributed by atoms with Crippen molar-refractivity contribution in [1.82, 2.24) is 0 Å². The Hall–Kier alpha value is -6.22. The van der Waals surface area contributed by atoms with Crippen molar-refractivity contribution in [1.29, 1.82) is 0 Å². The highest BCUT2D eigenvalue weighted by atomic mass is 35.5. The largest absolute Gasteiger partial charge is 0.508 e. The quantitative estimate of drug-likeness (QED) is 0.149. The highest BCUT2D eigenvalue weighted by molar-refractivity contribution is 6.32. The smallest absolute Gasteiger partial charge is 0.249 e. The van der Waals surface area contributed by atoms with Crippen molar-refractivity contribution < 1.29 is 19.4 Å². The van der Waals surface area contributed by atoms with E-state index in [4.69, 9.17) is 37.9 Å². The number of anilines is 2. The fourth-order valence-corrected chi connectivity index (χ4v) is 7.19. The van der Waals surface area contributed by atoms with Gasteiger partial charge in [-0.1, -0.05) is 71.7 Å². The molecule has 286 valence electrons. The van der Waals surface area contributed by atoms with E-state index in [-0.39, 0.29) is 17.6 Å². The number of aliphatic imine (C=N–C) groups is 2. The molecule has 10 heteroatoms. The molecule has 2 aliphatic heterocycles. The number of ether oxygens (including phenoxy) is 1. The molecule has 57 heavy (non-hydrogen) atoms. The third-order valence-electron chi connectivity index (χ3n) is 10.0. The van der Waals surface area contributed by atoms with Gasteiger partial charge in [0.25, 0.3) is 0 Å². The highest BCUT2D eigenvalue weighted by Gasteiger charge is 2.28. The Morgan fingerprint density at radius 2 is 1.02 bits per heavy atom. The topological polar surface area (TPSA) is 112 Å². The molecule has 2 unspecified atom stereocenters. The van der Waals surface area contributed by atoms with Crippen LogP contribution in [0, 0.1) is 13.8 Å². The number of phenols is 1. The van der Waals surface area contributed by atoms with Crippen LogP contribution in [-0.4, -0.2) is 47.5 Å². The van der Waals surface area contributed by atoms with Crippen LogP contribution in [0.4, 0.5) is 11.4 Å². The number of carbonyl (C=O) groups excluding carboxylic acids is 2. The summed E-state index contributed by atoms with van der Waals surface area (Å²) < 4.78 is 5.27. The number of amides is 2. The zero-order valence-corrected chi connectivity index (χ0v) is 33.1. The summed E-state index contributed by atoms with van der Waals surface area (Å²) in [6.07, 6.45) is 1.03. The number of rotatable bonds is 7. The standard InChI is InChI=1S/C24H21ClN2O2.C23H19ClN2O2/c1-15-5-3-4-6-17(15)13-22-24(28)27-21-12-9-18(25)14-20(21)23(26-22)16-7-10-19(29-2)11-8-16;1-14-4-2-3-5-16(14)12-21-23(28)26-20-11-8-17(24)13-19(20)22(25-21)15-6-9-18(27)10-7-15/h3-12,14,22H,13H2,1-2H3,(H,27,28);2-11,13,21,27H,12H2,1H3,(H,26,28). The fourth-order valence-electron chi connectivity index (χ4n) is 6.84. The van der Waals surface area contributed by atoms with Crippen molar-refractivity contribution in [3.8, 4) is 11.5 Å². The third kappa shape index (κ3) is 9.10. The van der Waals surface area contributed by atoms with E-state index in [1.807, 2.05) is 98.8 Å². The van der Waals surface area contributed by atoms with Crippen LogP contribution in [0.5, 0.6) is 11.5 Å². The summed E-state index contributed by atoms with van der Waals surface area (Å²) in [6, 6.07) is 40.2. The van der Waals surface area contributed by atoms with Gasteiger partial charge in [-0.25, -0.2) is 0 Å². The zero-order valence-electron chi connectivity index (χ0n) is 31.6. The van der Waals surface area contributed by atoms with Gasteiger partial charge in [0.1, 0.15) is 23.6 Å². The second-order valence-corrected chi connectivity index (χ2v) is 14.8. The summed E-state index contributed by atoms with van der Waals surface area (Å²) in [5.41, 5.74) is 10.5. The number of benzene rings is 6. The molecular formula is C47H40Cl2N4O4. The first-order valence-electron chi connectivity index (χ1n) is 18.5. The van der Waals surface area contributed by atoms with Crippen molar-refractivity contribution in [2.24, 2.45) is 9.98 Å². The Balaban J connectivity index is 0.000000174. The minimum atomic E-state index is -0.573. The van der Waals surface area contributed by atoms with Crippen LogP contribution < -0.4 is 15.4 Å². The molecule has 0 aliphatic carbocycles. The van der Waals surface area contributed by atoms with Crippen LogP contribution in [0.2, 0.25) is 10.0 Å². The van der Waals surface area contributed by atoms with Crippen LogP contribution >= 0.6 is 23.2 Å². The monoisotopic (exact) mass is 794 g/mol. The number of aromatic hydroxyl groups is 1. The van der Waals surface area contributed by atoms with E-state index in [1.165, 1.54) is 0 Å². The van der Waals surface area contributed by atoms with Gasteiger partial charge in [-0.2, -0.15) is 0 Å². The maximum absolute atomic E-state index is 13.0. The van der Waals surface area contributed by atoms with Gasteiger partial charge < -0.3 is 20.5 Å². The lowest BCUT2D eigenvalue weighted by atomic mass is 9.99. The van der Waals surface area contributed by atoms with Crippen LogP contribution in [0.25, 0.3) is 0 Å². The average molecular weight is 796 g/mol. The van der Waals surface area contributed by atoms with Crippen LogP contribution in [-0.2, 0) is 22.4 Å². The Kier molecular flexibility index (Phi) is 11.8. The number of hydrogen-bond acceptors (Lipinski definition) is 6. The minimum absolute atomic E-state index is 0.125. The van der Waals surface area contributed by atoms with Gasteiger partial charge in [0.2, 0.25) is 11.8 Å². The number of fused-ring (bicyclic) bond motifs is 2. The minimum Gasteiger partial charge on any atom is -0.508 e. The second-order valence-electron chi connectivity index (χ2n) is 13.9. The van der Waals surface area contributed by atoms with Crippen LogP contribution in [0.3, 0.4) is 0 Å². The highest BCUT2D eigenvalue weighted by Crippen LogP contribution is 2.31. The van der Waals surface area contributed by atoms with Gasteiger partial charge in [-0.15, -0.1) is 0 Å². The molecule has 8 nitrogen and oxygen atoms in total. The van der Waals surface area contributed by atoms with E-state index in [0.717, 1.165) is 56.0 Å². The summed E-state index contributed by atoms with van der Waals surface area (Å²) in [5.74, 6) is 0.663. The summed E-state index contributed by atoms with van der Waals surface area (Å²) in [5, 5.41) is 16.8. The first-order chi connectivity index (χ1) is 27.6. The molecule has 2 atom stereocenters. The lowest BCUT2D eigenvalue weighted by Crippen LogP contribution is -2.27. The Morgan fingerprint density at radius 1 is 0.596 bits per heavy atom.